The maximum Gasteiger partial charge on any atom is 0.0584 e. The van der Waals surface area contributed by atoms with Crippen LogP contribution in [0, 0.1) is 5.92 Å². The summed E-state index contributed by atoms with van der Waals surface area (Å²) in [6.45, 7) is 12.4. The molecule has 13 heavy (non-hydrogen) atoms. The molecule has 0 rings (SSSR count). The standard InChI is InChI=1S/C12H24O/c1-6-7-8-12(9-10(2)3)13-11(4)5/h6,10-12H,1,7-9H2,2-5H3. The van der Waals surface area contributed by atoms with Gasteiger partial charge in [0.15, 0.2) is 0 Å². The molecule has 1 heteroatoms. The van der Waals surface area contributed by atoms with Gasteiger partial charge in [0, 0.05) is 0 Å². The second-order valence-corrected chi connectivity index (χ2v) is 4.30. The second-order valence-electron chi connectivity index (χ2n) is 4.30. The highest BCUT2D eigenvalue weighted by Gasteiger charge is 2.11. The smallest absolute Gasteiger partial charge is 0.0584 e. The van der Waals surface area contributed by atoms with Crippen LogP contribution in [0.4, 0.5) is 0 Å². The predicted octanol–water partition coefficient (Wildman–Crippen LogP) is 3.79. The second kappa shape index (κ2) is 7.14. The van der Waals surface area contributed by atoms with Gasteiger partial charge in [-0.1, -0.05) is 19.9 Å². The molecule has 0 heterocycles. The van der Waals surface area contributed by atoms with E-state index in [1.165, 1.54) is 0 Å². The fraction of sp³-hybridized carbons (Fsp3) is 0.833. The molecule has 0 aliphatic rings. The minimum atomic E-state index is 0.341. The molecule has 78 valence electrons. The summed E-state index contributed by atoms with van der Waals surface area (Å²) in [6, 6.07) is 0. The van der Waals surface area contributed by atoms with Crippen LogP contribution in [0.25, 0.3) is 0 Å². The van der Waals surface area contributed by atoms with E-state index in [1.807, 2.05) is 6.08 Å². The molecule has 0 aromatic carbocycles. The summed E-state index contributed by atoms with van der Waals surface area (Å²) >= 11 is 0. The molecule has 0 saturated heterocycles. The minimum Gasteiger partial charge on any atom is -0.376 e. The number of ether oxygens (including phenoxy) is 1. The highest BCUT2D eigenvalue weighted by molar-refractivity contribution is 4.71. The Balaban J connectivity index is 3.79. The molecule has 0 fully saturated rings. The van der Waals surface area contributed by atoms with E-state index >= 15 is 0 Å². The van der Waals surface area contributed by atoms with Gasteiger partial charge in [-0.15, -0.1) is 6.58 Å². The molecule has 0 spiro atoms. The van der Waals surface area contributed by atoms with Gasteiger partial charge in [-0.2, -0.15) is 0 Å². The van der Waals surface area contributed by atoms with Crippen LogP contribution in [0.3, 0.4) is 0 Å². The fourth-order valence-corrected chi connectivity index (χ4v) is 1.46. The maximum absolute atomic E-state index is 5.82. The lowest BCUT2D eigenvalue weighted by Crippen LogP contribution is -2.19. The molecule has 0 aliphatic heterocycles. The van der Waals surface area contributed by atoms with Crippen molar-refractivity contribution in [3.05, 3.63) is 12.7 Å². The van der Waals surface area contributed by atoms with Crippen molar-refractivity contribution in [2.75, 3.05) is 0 Å². The molecular formula is C12H24O. The van der Waals surface area contributed by atoms with Crippen molar-refractivity contribution in [1.29, 1.82) is 0 Å². The average molecular weight is 184 g/mol. The number of allylic oxidation sites excluding steroid dienone is 1. The van der Waals surface area contributed by atoms with Crippen LogP contribution in [0.2, 0.25) is 0 Å². The number of hydrogen-bond acceptors (Lipinski definition) is 1. The van der Waals surface area contributed by atoms with Crippen molar-refractivity contribution in [2.45, 2.75) is 59.2 Å². The van der Waals surface area contributed by atoms with Crippen LogP contribution >= 0.6 is 0 Å². The fourth-order valence-electron chi connectivity index (χ4n) is 1.46. The predicted molar refractivity (Wildman–Crippen MR) is 58.9 cm³/mol. The molecule has 0 bridgehead atoms. The summed E-state index contributed by atoms with van der Waals surface area (Å²) in [5.74, 6) is 0.716. The first-order chi connectivity index (χ1) is 6.06. The third-order valence-electron chi connectivity index (χ3n) is 1.89. The molecule has 0 aromatic heterocycles. The van der Waals surface area contributed by atoms with E-state index in [0.717, 1.165) is 19.3 Å². The van der Waals surface area contributed by atoms with E-state index < -0.39 is 0 Å². The van der Waals surface area contributed by atoms with Gasteiger partial charge in [0.05, 0.1) is 12.2 Å². The normalized spacial score (nSPS) is 13.7. The van der Waals surface area contributed by atoms with E-state index in [-0.39, 0.29) is 0 Å². The molecule has 0 N–H and O–H groups in total. The SMILES string of the molecule is C=CCCC(CC(C)C)OC(C)C. The molecule has 0 amide bonds. The molecular weight excluding hydrogens is 160 g/mol. The van der Waals surface area contributed by atoms with Crippen molar-refractivity contribution >= 4 is 0 Å². The first-order valence-corrected chi connectivity index (χ1v) is 5.32. The summed E-state index contributed by atoms with van der Waals surface area (Å²) in [5, 5.41) is 0. The molecule has 0 aliphatic carbocycles. The largest absolute Gasteiger partial charge is 0.376 e. The Morgan fingerprint density at radius 1 is 1.23 bits per heavy atom. The van der Waals surface area contributed by atoms with Crippen LogP contribution in [0.5, 0.6) is 0 Å². The summed E-state index contributed by atoms with van der Waals surface area (Å²) in [5.41, 5.74) is 0. The quantitative estimate of drug-likeness (QED) is 0.547. The Bertz CT molecular complexity index is 117. The third kappa shape index (κ3) is 8.04. The summed E-state index contributed by atoms with van der Waals surface area (Å²) in [4.78, 5) is 0. The summed E-state index contributed by atoms with van der Waals surface area (Å²) in [6.07, 6.45) is 6.05. The monoisotopic (exact) mass is 184 g/mol. The van der Waals surface area contributed by atoms with Crippen molar-refractivity contribution < 1.29 is 4.74 Å². The number of hydrogen-bond donors (Lipinski definition) is 0. The third-order valence-corrected chi connectivity index (χ3v) is 1.89. The van der Waals surface area contributed by atoms with Crippen LogP contribution < -0.4 is 0 Å². The lowest BCUT2D eigenvalue weighted by Gasteiger charge is -2.21. The zero-order valence-electron chi connectivity index (χ0n) is 9.55. The van der Waals surface area contributed by atoms with Gasteiger partial charge in [0.2, 0.25) is 0 Å². The van der Waals surface area contributed by atoms with E-state index in [1.54, 1.807) is 0 Å². The van der Waals surface area contributed by atoms with Crippen LogP contribution in [-0.4, -0.2) is 12.2 Å². The van der Waals surface area contributed by atoms with Gasteiger partial charge in [-0.3, -0.25) is 0 Å². The number of rotatable bonds is 7. The molecule has 1 nitrogen and oxygen atoms in total. The highest BCUT2D eigenvalue weighted by atomic mass is 16.5. The first-order valence-electron chi connectivity index (χ1n) is 5.32. The first kappa shape index (κ1) is 12.7. The lowest BCUT2D eigenvalue weighted by atomic mass is 10.0. The topological polar surface area (TPSA) is 9.23 Å². The van der Waals surface area contributed by atoms with E-state index in [2.05, 4.69) is 34.3 Å². The van der Waals surface area contributed by atoms with Crippen molar-refractivity contribution in [1.82, 2.24) is 0 Å². The van der Waals surface area contributed by atoms with E-state index in [4.69, 9.17) is 4.74 Å². The van der Waals surface area contributed by atoms with Crippen LogP contribution in [-0.2, 0) is 4.74 Å². The molecule has 0 aromatic rings. The van der Waals surface area contributed by atoms with Crippen LogP contribution in [0.15, 0.2) is 12.7 Å². The Kier molecular flexibility index (Phi) is 6.97. The Morgan fingerprint density at radius 3 is 2.23 bits per heavy atom. The molecule has 1 atom stereocenters. The van der Waals surface area contributed by atoms with Crippen LogP contribution in [0.1, 0.15) is 47.0 Å². The van der Waals surface area contributed by atoms with Gasteiger partial charge >= 0.3 is 0 Å². The zero-order valence-corrected chi connectivity index (χ0v) is 9.55. The van der Waals surface area contributed by atoms with Gasteiger partial charge in [-0.25, -0.2) is 0 Å². The summed E-state index contributed by atoms with van der Waals surface area (Å²) in [7, 11) is 0. The Morgan fingerprint density at radius 2 is 1.85 bits per heavy atom. The molecule has 0 radical (unpaired) electrons. The Hall–Kier alpha value is -0.300. The maximum atomic E-state index is 5.82. The van der Waals surface area contributed by atoms with Crippen molar-refractivity contribution in [3.8, 4) is 0 Å². The molecule has 1 unspecified atom stereocenters. The summed E-state index contributed by atoms with van der Waals surface area (Å²) < 4.78 is 5.82. The zero-order chi connectivity index (χ0) is 10.3. The lowest BCUT2D eigenvalue weighted by molar-refractivity contribution is -0.00712. The average Bonchev–Trinajstić information content (AvgIpc) is 1.98. The minimum absolute atomic E-state index is 0.341. The van der Waals surface area contributed by atoms with Gasteiger partial charge in [-0.05, 0) is 39.0 Å². The van der Waals surface area contributed by atoms with E-state index in [0.29, 0.717) is 18.1 Å². The van der Waals surface area contributed by atoms with Gasteiger partial charge in [0.1, 0.15) is 0 Å². The van der Waals surface area contributed by atoms with E-state index in [9.17, 15) is 0 Å². The van der Waals surface area contributed by atoms with Gasteiger partial charge in [0.25, 0.3) is 0 Å². The van der Waals surface area contributed by atoms with Crippen molar-refractivity contribution in [2.24, 2.45) is 5.92 Å². The van der Waals surface area contributed by atoms with Gasteiger partial charge < -0.3 is 4.74 Å². The highest BCUT2D eigenvalue weighted by Crippen LogP contribution is 2.15. The Labute approximate surface area is 83.2 Å². The molecule has 0 saturated carbocycles. The van der Waals surface area contributed by atoms with Crippen molar-refractivity contribution in [3.63, 3.8) is 0 Å².